The molecular formula is C21H18F3N3O4. The summed E-state index contributed by atoms with van der Waals surface area (Å²) < 4.78 is 46.2. The zero-order valence-electron chi connectivity index (χ0n) is 16.6. The van der Waals surface area contributed by atoms with E-state index >= 15 is 0 Å². The van der Waals surface area contributed by atoms with Crippen LogP contribution in [0.3, 0.4) is 0 Å². The highest BCUT2D eigenvalue weighted by atomic mass is 19.4. The van der Waals surface area contributed by atoms with E-state index in [0.717, 1.165) is 16.7 Å². The molecule has 0 atom stereocenters. The number of benzene rings is 2. The van der Waals surface area contributed by atoms with Gasteiger partial charge in [-0.1, -0.05) is 18.2 Å². The summed E-state index contributed by atoms with van der Waals surface area (Å²) in [7, 11) is 2.77. The highest BCUT2D eigenvalue weighted by Crippen LogP contribution is 2.32. The highest BCUT2D eigenvalue weighted by Gasteiger charge is 2.30. The van der Waals surface area contributed by atoms with Crippen LogP contribution >= 0.6 is 0 Å². The first-order chi connectivity index (χ1) is 14.6. The quantitative estimate of drug-likeness (QED) is 0.625. The molecule has 162 valence electrons. The topological polar surface area (TPSA) is 82.3 Å². The summed E-state index contributed by atoms with van der Waals surface area (Å²) in [6, 6.07) is 11.9. The molecule has 0 bridgehead atoms. The maximum atomic E-state index is 12.9. The third-order valence-corrected chi connectivity index (χ3v) is 4.59. The number of hydrogen-bond acceptors (Lipinski definition) is 5. The second-order valence-electron chi connectivity index (χ2n) is 6.70. The van der Waals surface area contributed by atoms with Crippen LogP contribution in [0, 0.1) is 0 Å². The number of aromatic nitrogens is 2. The van der Waals surface area contributed by atoms with E-state index in [1.165, 1.54) is 49.0 Å². The number of nitrogens with zero attached hydrogens (tertiary/aromatic N) is 2. The molecule has 7 nitrogen and oxygen atoms in total. The zero-order chi connectivity index (χ0) is 22.8. The Hall–Kier alpha value is -3.82. The summed E-state index contributed by atoms with van der Waals surface area (Å²) in [6.45, 7) is -0.335. The third kappa shape index (κ3) is 4.85. The Bertz CT molecular complexity index is 1250. The van der Waals surface area contributed by atoms with Gasteiger partial charge in [0.2, 0.25) is 0 Å². The smallest absolute Gasteiger partial charge is 0.416 e. The van der Waals surface area contributed by atoms with Gasteiger partial charge >= 0.3 is 17.8 Å². The summed E-state index contributed by atoms with van der Waals surface area (Å²) in [5, 5.41) is 2.79. The van der Waals surface area contributed by atoms with Crippen LogP contribution in [0.15, 0.2) is 64.2 Å². The fourth-order valence-corrected chi connectivity index (χ4v) is 2.83. The molecule has 0 fully saturated rings. The molecule has 31 heavy (non-hydrogen) atoms. The SMILES string of the molecule is Cn1c(COC(=O)c2ccccc2Nc2cccc(C(F)(F)F)c2)cc(=O)n(C)c1=O. The van der Waals surface area contributed by atoms with E-state index in [0.29, 0.717) is 0 Å². The number of halogens is 3. The van der Waals surface area contributed by atoms with Crippen molar-refractivity contribution in [3.8, 4) is 0 Å². The van der Waals surface area contributed by atoms with Crippen LogP contribution in [0.1, 0.15) is 21.6 Å². The van der Waals surface area contributed by atoms with Crippen LogP contribution in [0.4, 0.5) is 24.5 Å². The summed E-state index contributed by atoms with van der Waals surface area (Å²) in [5.41, 5.74) is -1.28. The van der Waals surface area contributed by atoms with Crippen molar-refractivity contribution in [2.45, 2.75) is 12.8 Å². The Labute approximate surface area is 174 Å². The average molecular weight is 433 g/mol. The van der Waals surface area contributed by atoms with E-state index in [2.05, 4.69) is 5.32 Å². The van der Waals surface area contributed by atoms with Crippen LogP contribution in [0.25, 0.3) is 0 Å². The lowest BCUT2D eigenvalue weighted by atomic mass is 10.1. The van der Waals surface area contributed by atoms with Crippen molar-refractivity contribution in [2.24, 2.45) is 14.1 Å². The van der Waals surface area contributed by atoms with Gasteiger partial charge in [0.1, 0.15) is 6.61 Å². The van der Waals surface area contributed by atoms with E-state index in [-0.39, 0.29) is 29.2 Å². The second-order valence-corrected chi connectivity index (χ2v) is 6.70. The Morgan fingerprint density at radius 3 is 2.42 bits per heavy atom. The van der Waals surface area contributed by atoms with Gasteiger partial charge in [-0.05, 0) is 30.3 Å². The van der Waals surface area contributed by atoms with Crippen LogP contribution in [-0.2, 0) is 31.6 Å². The first-order valence-electron chi connectivity index (χ1n) is 9.04. The van der Waals surface area contributed by atoms with Gasteiger partial charge in [0, 0.05) is 25.8 Å². The molecule has 1 N–H and O–H groups in total. The first kappa shape index (κ1) is 21.9. The van der Waals surface area contributed by atoms with Crippen LogP contribution in [0.5, 0.6) is 0 Å². The van der Waals surface area contributed by atoms with E-state index in [9.17, 15) is 27.6 Å². The molecule has 0 radical (unpaired) electrons. The summed E-state index contributed by atoms with van der Waals surface area (Å²) in [5.74, 6) is -0.775. The second kappa shape index (κ2) is 8.50. The van der Waals surface area contributed by atoms with Crippen molar-refractivity contribution >= 4 is 17.3 Å². The molecule has 0 unspecified atom stereocenters. The number of rotatable bonds is 5. The average Bonchev–Trinajstić information content (AvgIpc) is 2.73. The molecule has 0 aliphatic heterocycles. The molecule has 1 heterocycles. The van der Waals surface area contributed by atoms with E-state index in [1.807, 2.05) is 0 Å². The van der Waals surface area contributed by atoms with E-state index in [1.54, 1.807) is 12.1 Å². The molecule has 0 saturated heterocycles. The minimum Gasteiger partial charge on any atom is -0.456 e. The van der Waals surface area contributed by atoms with Gasteiger partial charge in [-0.15, -0.1) is 0 Å². The van der Waals surface area contributed by atoms with Gasteiger partial charge in [0.15, 0.2) is 0 Å². The van der Waals surface area contributed by atoms with Crippen LogP contribution in [0.2, 0.25) is 0 Å². The number of nitrogens with one attached hydrogen (secondary N) is 1. The molecule has 0 amide bonds. The summed E-state index contributed by atoms with van der Waals surface area (Å²) >= 11 is 0. The Balaban J connectivity index is 1.82. The fourth-order valence-electron chi connectivity index (χ4n) is 2.83. The van der Waals surface area contributed by atoms with Gasteiger partial charge in [0.05, 0.1) is 22.5 Å². The number of carbonyl (C=O) groups excluding carboxylic acids is 1. The fraction of sp³-hybridized carbons (Fsp3) is 0.190. The Morgan fingerprint density at radius 2 is 1.71 bits per heavy atom. The molecule has 3 rings (SSSR count). The van der Waals surface area contributed by atoms with Crippen molar-refractivity contribution in [1.82, 2.24) is 9.13 Å². The maximum Gasteiger partial charge on any atom is 0.416 e. The minimum atomic E-state index is -4.50. The first-order valence-corrected chi connectivity index (χ1v) is 9.04. The number of esters is 1. The standard InChI is InChI=1S/C21H18F3N3O4/c1-26-15(11-18(28)27(2)20(26)30)12-31-19(29)16-8-3-4-9-17(16)25-14-7-5-6-13(10-14)21(22,23)24/h3-11,25H,12H2,1-2H3. The lowest BCUT2D eigenvalue weighted by molar-refractivity contribution is -0.137. The molecule has 0 spiro atoms. The van der Waals surface area contributed by atoms with Crippen LogP contribution < -0.4 is 16.6 Å². The van der Waals surface area contributed by atoms with Gasteiger partial charge in [-0.3, -0.25) is 13.9 Å². The normalized spacial score (nSPS) is 11.3. The van der Waals surface area contributed by atoms with Gasteiger partial charge in [-0.25, -0.2) is 9.59 Å². The highest BCUT2D eigenvalue weighted by molar-refractivity contribution is 5.96. The lowest BCUT2D eigenvalue weighted by Gasteiger charge is -2.14. The van der Waals surface area contributed by atoms with E-state index < -0.39 is 29.0 Å². The number of carbonyl (C=O) groups is 1. The van der Waals surface area contributed by atoms with Gasteiger partial charge < -0.3 is 10.1 Å². The summed E-state index contributed by atoms with van der Waals surface area (Å²) in [6.07, 6.45) is -4.50. The van der Waals surface area contributed by atoms with E-state index in [4.69, 9.17) is 4.74 Å². The van der Waals surface area contributed by atoms with Crippen molar-refractivity contribution in [1.29, 1.82) is 0 Å². The predicted octanol–water partition coefficient (Wildman–Crippen LogP) is 3.20. The predicted molar refractivity (Wildman–Crippen MR) is 107 cm³/mol. The van der Waals surface area contributed by atoms with Crippen molar-refractivity contribution in [3.05, 3.63) is 92.3 Å². The number of hydrogen-bond donors (Lipinski definition) is 1. The number of para-hydroxylation sites is 1. The molecule has 2 aromatic carbocycles. The number of alkyl halides is 3. The molecule has 0 aliphatic rings. The van der Waals surface area contributed by atoms with Crippen molar-refractivity contribution in [2.75, 3.05) is 5.32 Å². The Kier molecular flexibility index (Phi) is 6.00. The third-order valence-electron chi connectivity index (χ3n) is 4.59. The van der Waals surface area contributed by atoms with Crippen LogP contribution in [-0.4, -0.2) is 15.1 Å². The van der Waals surface area contributed by atoms with Crippen molar-refractivity contribution < 1.29 is 22.7 Å². The molecule has 0 aliphatic carbocycles. The molecular weight excluding hydrogens is 415 g/mol. The monoisotopic (exact) mass is 433 g/mol. The summed E-state index contributed by atoms with van der Waals surface area (Å²) in [4.78, 5) is 36.4. The maximum absolute atomic E-state index is 12.9. The molecule has 1 aromatic heterocycles. The molecule has 0 saturated carbocycles. The minimum absolute atomic E-state index is 0.0775. The van der Waals surface area contributed by atoms with Crippen molar-refractivity contribution in [3.63, 3.8) is 0 Å². The van der Waals surface area contributed by atoms with Gasteiger partial charge in [0.25, 0.3) is 5.56 Å². The molecule has 3 aromatic rings. The van der Waals surface area contributed by atoms with Gasteiger partial charge in [-0.2, -0.15) is 13.2 Å². The largest absolute Gasteiger partial charge is 0.456 e. The zero-order valence-corrected chi connectivity index (χ0v) is 16.6. The molecule has 10 heteroatoms. The number of anilines is 2. The lowest BCUT2D eigenvalue weighted by Crippen LogP contribution is -2.38. The number of ether oxygens (including phenoxy) is 1. The Morgan fingerprint density at radius 1 is 1.00 bits per heavy atom.